The third-order valence-corrected chi connectivity index (χ3v) is 5.43. The first-order chi connectivity index (χ1) is 13.2. The molecule has 0 bridgehead atoms. The van der Waals surface area contributed by atoms with Gasteiger partial charge in [0.1, 0.15) is 0 Å². The Bertz CT molecular complexity index is 646. The number of amides is 2. The molecule has 0 atom stereocenters. The number of carbonyl (C=O) groups excluding carboxylic acids is 2. The maximum atomic E-state index is 12.8. The lowest BCUT2D eigenvalue weighted by molar-refractivity contribution is -0.138. The zero-order chi connectivity index (χ0) is 19.1. The fourth-order valence-corrected chi connectivity index (χ4v) is 3.75. The number of benzene rings is 1. The largest absolute Gasteiger partial charge is 0.453 e. The van der Waals surface area contributed by atoms with Crippen LogP contribution in [0.4, 0.5) is 4.79 Å². The molecule has 1 aromatic rings. The lowest BCUT2D eigenvalue weighted by Gasteiger charge is -2.38. The minimum absolute atomic E-state index is 0.0374. The molecule has 6 nitrogen and oxygen atoms in total. The molecule has 2 heterocycles. The van der Waals surface area contributed by atoms with Crippen LogP contribution >= 0.6 is 0 Å². The number of hydrogen-bond acceptors (Lipinski definition) is 4. The van der Waals surface area contributed by atoms with Gasteiger partial charge < -0.3 is 14.5 Å². The van der Waals surface area contributed by atoms with Gasteiger partial charge in [-0.2, -0.15) is 0 Å². The van der Waals surface area contributed by atoms with Crippen LogP contribution < -0.4 is 0 Å². The quantitative estimate of drug-likeness (QED) is 0.815. The van der Waals surface area contributed by atoms with Gasteiger partial charge in [-0.1, -0.05) is 42.5 Å². The summed E-state index contributed by atoms with van der Waals surface area (Å²) >= 11 is 0. The number of hydrogen-bond donors (Lipinski definition) is 0. The maximum absolute atomic E-state index is 12.8. The summed E-state index contributed by atoms with van der Waals surface area (Å²) in [6.45, 7) is 5.51. The van der Waals surface area contributed by atoms with Gasteiger partial charge in [0.2, 0.25) is 5.91 Å². The van der Waals surface area contributed by atoms with E-state index >= 15 is 0 Å². The highest BCUT2D eigenvalue weighted by Gasteiger charge is 2.31. The number of rotatable bonds is 4. The van der Waals surface area contributed by atoms with Gasteiger partial charge in [-0.25, -0.2) is 4.79 Å². The van der Waals surface area contributed by atoms with E-state index in [0.717, 1.165) is 45.6 Å². The number of piperidine rings is 1. The Labute approximate surface area is 161 Å². The average Bonchev–Trinajstić information content (AvgIpc) is 2.74. The third kappa shape index (κ3) is 5.32. The first kappa shape index (κ1) is 19.4. The lowest BCUT2D eigenvalue weighted by atomic mass is 9.95. The van der Waals surface area contributed by atoms with Crippen LogP contribution in [0.2, 0.25) is 0 Å². The number of methoxy groups -OCH3 is 1. The first-order valence-electron chi connectivity index (χ1n) is 9.73. The molecule has 2 saturated heterocycles. The number of piperazine rings is 1. The topological polar surface area (TPSA) is 53.1 Å². The maximum Gasteiger partial charge on any atom is 0.409 e. The smallest absolute Gasteiger partial charge is 0.409 e. The second kappa shape index (κ2) is 9.55. The number of carbonyl (C=O) groups is 2. The summed E-state index contributed by atoms with van der Waals surface area (Å²) in [5.74, 6) is 0.287. The second-order valence-electron chi connectivity index (χ2n) is 7.17. The van der Waals surface area contributed by atoms with Crippen LogP contribution in [0.15, 0.2) is 36.4 Å². The highest BCUT2D eigenvalue weighted by Crippen LogP contribution is 2.21. The molecule has 0 unspecified atom stereocenters. The van der Waals surface area contributed by atoms with Crippen LogP contribution in [0.3, 0.4) is 0 Å². The van der Waals surface area contributed by atoms with Crippen molar-refractivity contribution in [2.24, 2.45) is 5.92 Å². The predicted octanol–water partition coefficient (Wildman–Crippen LogP) is 2.32. The molecule has 2 aliphatic heterocycles. The first-order valence-corrected chi connectivity index (χ1v) is 9.73. The van der Waals surface area contributed by atoms with Crippen molar-refractivity contribution in [3.05, 3.63) is 42.0 Å². The van der Waals surface area contributed by atoms with Crippen molar-refractivity contribution >= 4 is 18.1 Å². The van der Waals surface area contributed by atoms with Crippen molar-refractivity contribution < 1.29 is 14.3 Å². The molecule has 0 radical (unpaired) electrons. The van der Waals surface area contributed by atoms with E-state index in [1.54, 1.807) is 4.90 Å². The Kier molecular flexibility index (Phi) is 6.87. The summed E-state index contributed by atoms with van der Waals surface area (Å²) in [6.07, 6.45) is 5.50. The van der Waals surface area contributed by atoms with E-state index in [0.29, 0.717) is 13.1 Å². The van der Waals surface area contributed by atoms with E-state index in [-0.39, 0.29) is 17.9 Å². The van der Waals surface area contributed by atoms with Crippen LogP contribution in [0.25, 0.3) is 6.08 Å². The average molecular weight is 371 g/mol. The molecule has 0 spiro atoms. The van der Waals surface area contributed by atoms with E-state index in [1.807, 2.05) is 23.1 Å². The Hall–Kier alpha value is -2.34. The summed E-state index contributed by atoms with van der Waals surface area (Å²) in [5.41, 5.74) is 1.21. The minimum Gasteiger partial charge on any atom is -0.453 e. The highest BCUT2D eigenvalue weighted by molar-refractivity contribution is 5.79. The van der Waals surface area contributed by atoms with Crippen molar-refractivity contribution in [2.45, 2.75) is 12.8 Å². The van der Waals surface area contributed by atoms with Crippen LogP contribution in [-0.2, 0) is 9.53 Å². The van der Waals surface area contributed by atoms with E-state index in [4.69, 9.17) is 4.74 Å². The van der Waals surface area contributed by atoms with Crippen LogP contribution in [0, 0.1) is 5.92 Å². The second-order valence-corrected chi connectivity index (χ2v) is 7.17. The van der Waals surface area contributed by atoms with Crippen LogP contribution in [0.1, 0.15) is 18.4 Å². The molecule has 0 aliphatic carbocycles. The van der Waals surface area contributed by atoms with Crippen LogP contribution in [-0.4, -0.2) is 79.6 Å². The van der Waals surface area contributed by atoms with Crippen molar-refractivity contribution in [2.75, 3.05) is 52.9 Å². The Morgan fingerprint density at radius 3 is 2.30 bits per heavy atom. The Balaban J connectivity index is 1.39. The van der Waals surface area contributed by atoms with E-state index in [2.05, 4.69) is 29.2 Å². The van der Waals surface area contributed by atoms with Gasteiger partial charge in [-0.05, 0) is 18.4 Å². The third-order valence-electron chi connectivity index (χ3n) is 5.43. The summed E-state index contributed by atoms with van der Waals surface area (Å²) in [7, 11) is 1.40. The Morgan fingerprint density at radius 2 is 1.67 bits per heavy atom. The van der Waals surface area contributed by atoms with Gasteiger partial charge in [-0.3, -0.25) is 9.69 Å². The summed E-state index contributed by atoms with van der Waals surface area (Å²) in [5, 5.41) is 0. The van der Waals surface area contributed by atoms with Crippen LogP contribution in [0.5, 0.6) is 0 Å². The molecule has 6 heteroatoms. The number of nitrogens with zero attached hydrogens (tertiary/aromatic N) is 3. The molecular weight excluding hydrogens is 342 g/mol. The fraction of sp³-hybridized carbons (Fsp3) is 0.524. The van der Waals surface area contributed by atoms with Gasteiger partial charge in [0.05, 0.1) is 7.11 Å². The van der Waals surface area contributed by atoms with Gasteiger partial charge in [0.15, 0.2) is 0 Å². The highest BCUT2D eigenvalue weighted by atomic mass is 16.5. The number of ether oxygens (including phenoxy) is 1. The zero-order valence-electron chi connectivity index (χ0n) is 16.0. The molecule has 2 aliphatic rings. The number of likely N-dealkylation sites (tertiary alicyclic amines) is 1. The molecule has 27 heavy (non-hydrogen) atoms. The molecular formula is C21H29N3O3. The van der Waals surface area contributed by atoms with Crippen molar-refractivity contribution in [3.8, 4) is 0 Å². The Morgan fingerprint density at radius 1 is 1.00 bits per heavy atom. The van der Waals surface area contributed by atoms with Gasteiger partial charge >= 0.3 is 6.09 Å². The fourth-order valence-electron chi connectivity index (χ4n) is 3.75. The normalized spacial score (nSPS) is 19.4. The molecule has 2 amide bonds. The lowest BCUT2D eigenvalue weighted by Crippen LogP contribution is -2.51. The standard InChI is InChI=1S/C21H29N3O3/c1-27-21(26)24-12-9-19(10-13-24)20(25)23-16-14-22(15-17-23)11-5-8-18-6-3-2-4-7-18/h2-8,19H,9-17H2,1H3/b8-5+. The molecule has 3 rings (SSSR count). The summed E-state index contributed by atoms with van der Waals surface area (Å²) < 4.78 is 4.75. The molecule has 0 saturated carbocycles. The molecule has 2 fully saturated rings. The van der Waals surface area contributed by atoms with Gasteiger partial charge in [0.25, 0.3) is 0 Å². The van der Waals surface area contributed by atoms with Crippen molar-refractivity contribution in [3.63, 3.8) is 0 Å². The van der Waals surface area contributed by atoms with Crippen molar-refractivity contribution in [1.82, 2.24) is 14.7 Å². The van der Waals surface area contributed by atoms with E-state index < -0.39 is 0 Å². The van der Waals surface area contributed by atoms with Gasteiger partial charge in [-0.15, -0.1) is 0 Å². The van der Waals surface area contributed by atoms with E-state index in [9.17, 15) is 9.59 Å². The van der Waals surface area contributed by atoms with E-state index in [1.165, 1.54) is 12.7 Å². The molecule has 0 N–H and O–H groups in total. The SMILES string of the molecule is COC(=O)N1CCC(C(=O)N2CCN(C/C=C/c3ccccc3)CC2)CC1. The van der Waals surface area contributed by atoms with Crippen molar-refractivity contribution in [1.29, 1.82) is 0 Å². The summed E-state index contributed by atoms with van der Waals surface area (Å²) in [6, 6.07) is 10.3. The molecule has 146 valence electrons. The predicted molar refractivity (Wildman–Crippen MR) is 105 cm³/mol. The minimum atomic E-state index is -0.293. The monoisotopic (exact) mass is 371 g/mol. The molecule has 0 aromatic heterocycles. The summed E-state index contributed by atoms with van der Waals surface area (Å²) in [4.78, 5) is 30.4. The van der Waals surface area contributed by atoms with Gasteiger partial charge in [0, 0.05) is 51.7 Å². The molecule has 1 aromatic carbocycles. The zero-order valence-corrected chi connectivity index (χ0v) is 16.0.